The van der Waals surface area contributed by atoms with E-state index in [-0.39, 0.29) is 13.2 Å². The maximum atomic E-state index is 9.48. The van der Waals surface area contributed by atoms with Gasteiger partial charge < -0.3 is 24.8 Å². The monoisotopic (exact) mass is 385 g/mol. The summed E-state index contributed by atoms with van der Waals surface area (Å²) in [5.74, 6) is 1.88. The number of nitrogens with zero attached hydrogens (tertiary/aromatic N) is 4. The molecule has 0 fully saturated rings. The van der Waals surface area contributed by atoms with Gasteiger partial charge in [0.25, 0.3) is 5.89 Å². The Morgan fingerprint density at radius 2 is 1.82 bits per heavy atom. The Morgan fingerprint density at radius 3 is 2.46 bits per heavy atom. The first-order valence-corrected chi connectivity index (χ1v) is 8.82. The van der Waals surface area contributed by atoms with E-state index < -0.39 is 6.10 Å². The SMILES string of the molecule is CNc1nc(C)cc(-c2nc(-c3cc(C)c(OCC(O)CO)c(C)c3)no2)n1. The summed E-state index contributed by atoms with van der Waals surface area (Å²) in [6, 6.07) is 5.54. The fourth-order valence-electron chi connectivity index (χ4n) is 2.77. The summed E-state index contributed by atoms with van der Waals surface area (Å²) in [6.07, 6.45) is -0.919. The molecule has 3 aromatic rings. The Morgan fingerprint density at radius 1 is 1.11 bits per heavy atom. The molecule has 0 aliphatic heterocycles. The third-order valence-corrected chi connectivity index (χ3v) is 4.07. The van der Waals surface area contributed by atoms with Crippen molar-refractivity contribution in [1.82, 2.24) is 20.1 Å². The highest BCUT2D eigenvalue weighted by molar-refractivity contribution is 5.63. The lowest BCUT2D eigenvalue weighted by Crippen LogP contribution is -2.21. The van der Waals surface area contributed by atoms with Crippen molar-refractivity contribution in [2.24, 2.45) is 0 Å². The lowest BCUT2D eigenvalue weighted by molar-refractivity contribution is 0.0532. The molecule has 0 saturated heterocycles. The van der Waals surface area contributed by atoms with E-state index in [4.69, 9.17) is 14.4 Å². The highest BCUT2D eigenvalue weighted by atomic mass is 16.5. The van der Waals surface area contributed by atoms with Gasteiger partial charge >= 0.3 is 0 Å². The van der Waals surface area contributed by atoms with E-state index in [2.05, 4.69) is 25.4 Å². The molecule has 1 aromatic carbocycles. The number of aromatic nitrogens is 4. The highest BCUT2D eigenvalue weighted by Gasteiger charge is 2.16. The van der Waals surface area contributed by atoms with Crippen LogP contribution in [0, 0.1) is 20.8 Å². The Bertz CT molecular complexity index is 950. The van der Waals surface area contributed by atoms with Gasteiger partial charge in [0, 0.05) is 18.3 Å². The predicted molar refractivity (Wildman–Crippen MR) is 103 cm³/mol. The molecule has 2 aromatic heterocycles. The molecule has 0 amide bonds. The number of benzene rings is 1. The van der Waals surface area contributed by atoms with Gasteiger partial charge in [0.2, 0.25) is 11.8 Å². The average molecular weight is 385 g/mol. The number of aliphatic hydroxyl groups is 2. The molecule has 0 aliphatic carbocycles. The zero-order valence-electron chi connectivity index (χ0n) is 16.2. The zero-order valence-corrected chi connectivity index (χ0v) is 16.2. The third-order valence-electron chi connectivity index (χ3n) is 4.07. The molecule has 0 radical (unpaired) electrons. The van der Waals surface area contributed by atoms with Crippen molar-refractivity contribution in [1.29, 1.82) is 0 Å². The summed E-state index contributed by atoms with van der Waals surface area (Å²) in [5, 5.41) is 25.4. The van der Waals surface area contributed by atoms with Crippen LogP contribution in [0.4, 0.5) is 5.95 Å². The maximum Gasteiger partial charge on any atom is 0.277 e. The fourth-order valence-corrected chi connectivity index (χ4v) is 2.77. The molecule has 2 heterocycles. The summed E-state index contributed by atoms with van der Waals surface area (Å²) < 4.78 is 11.0. The van der Waals surface area contributed by atoms with Gasteiger partial charge in [-0.25, -0.2) is 9.97 Å². The highest BCUT2D eigenvalue weighted by Crippen LogP contribution is 2.30. The van der Waals surface area contributed by atoms with E-state index in [9.17, 15) is 5.11 Å². The van der Waals surface area contributed by atoms with Crippen molar-refractivity contribution in [2.75, 3.05) is 25.6 Å². The molecule has 9 nitrogen and oxygen atoms in total. The molecule has 0 aliphatic rings. The summed E-state index contributed by atoms with van der Waals surface area (Å²) in [4.78, 5) is 13.1. The van der Waals surface area contributed by atoms with E-state index in [1.807, 2.05) is 32.9 Å². The molecule has 3 rings (SSSR count). The Hall–Kier alpha value is -3.04. The van der Waals surface area contributed by atoms with Crippen molar-refractivity contribution in [3.63, 3.8) is 0 Å². The predicted octanol–water partition coefficient (Wildman–Crippen LogP) is 1.89. The van der Waals surface area contributed by atoms with Gasteiger partial charge in [-0.1, -0.05) is 5.16 Å². The first-order valence-electron chi connectivity index (χ1n) is 8.82. The number of anilines is 1. The van der Waals surface area contributed by atoms with Crippen LogP contribution < -0.4 is 10.1 Å². The van der Waals surface area contributed by atoms with Crippen molar-refractivity contribution in [3.8, 4) is 28.7 Å². The van der Waals surface area contributed by atoms with Gasteiger partial charge in [0.05, 0.1) is 6.61 Å². The van der Waals surface area contributed by atoms with Crippen LogP contribution in [-0.4, -0.2) is 56.7 Å². The van der Waals surface area contributed by atoms with Crippen LogP contribution in [0.1, 0.15) is 16.8 Å². The van der Waals surface area contributed by atoms with E-state index in [1.165, 1.54) is 0 Å². The molecular weight excluding hydrogens is 362 g/mol. The van der Waals surface area contributed by atoms with Crippen molar-refractivity contribution in [2.45, 2.75) is 26.9 Å². The maximum absolute atomic E-state index is 9.48. The number of rotatable bonds is 7. The fraction of sp³-hybridized carbons (Fsp3) is 0.368. The van der Waals surface area contributed by atoms with Gasteiger partial charge in [0.15, 0.2) is 0 Å². The standard InChI is InChI=1S/C19H23N5O4/c1-10-5-13(6-11(2)16(10)27-9-14(26)8-25)17-23-18(28-24-17)15-7-12(3)21-19(20-4)22-15/h5-7,14,25-26H,8-9H2,1-4H3,(H,20,21,22). The number of aryl methyl sites for hydroxylation is 3. The van der Waals surface area contributed by atoms with Crippen molar-refractivity contribution < 1.29 is 19.5 Å². The Labute approximate surface area is 162 Å². The van der Waals surface area contributed by atoms with Crippen LogP contribution in [-0.2, 0) is 0 Å². The van der Waals surface area contributed by atoms with Gasteiger partial charge in [0.1, 0.15) is 24.2 Å². The number of nitrogens with one attached hydrogen (secondary N) is 1. The molecule has 9 heteroatoms. The van der Waals surface area contributed by atoms with Crippen LogP contribution in [0.3, 0.4) is 0 Å². The second kappa shape index (κ2) is 8.32. The van der Waals surface area contributed by atoms with Crippen molar-refractivity contribution >= 4 is 5.95 Å². The second-order valence-corrected chi connectivity index (χ2v) is 6.48. The summed E-state index contributed by atoms with van der Waals surface area (Å²) >= 11 is 0. The van der Waals surface area contributed by atoms with E-state index in [1.54, 1.807) is 13.1 Å². The first-order chi connectivity index (χ1) is 13.4. The normalized spacial score (nSPS) is 12.1. The van der Waals surface area contributed by atoms with E-state index in [0.717, 1.165) is 22.4 Å². The minimum Gasteiger partial charge on any atom is -0.490 e. The second-order valence-electron chi connectivity index (χ2n) is 6.48. The molecular formula is C19H23N5O4. The van der Waals surface area contributed by atoms with Crippen LogP contribution in [0.5, 0.6) is 5.75 Å². The Kier molecular flexibility index (Phi) is 5.86. The smallest absolute Gasteiger partial charge is 0.277 e. The average Bonchev–Trinajstić information content (AvgIpc) is 3.16. The van der Waals surface area contributed by atoms with Crippen LogP contribution in [0.2, 0.25) is 0 Å². The van der Waals surface area contributed by atoms with Crippen LogP contribution >= 0.6 is 0 Å². The quantitative estimate of drug-likeness (QED) is 0.559. The number of ether oxygens (including phenoxy) is 1. The molecule has 28 heavy (non-hydrogen) atoms. The summed E-state index contributed by atoms with van der Waals surface area (Å²) in [5.41, 5.74) is 3.83. The van der Waals surface area contributed by atoms with Crippen molar-refractivity contribution in [3.05, 3.63) is 35.0 Å². The largest absolute Gasteiger partial charge is 0.490 e. The van der Waals surface area contributed by atoms with Gasteiger partial charge in [-0.2, -0.15) is 4.98 Å². The van der Waals surface area contributed by atoms with E-state index in [0.29, 0.717) is 29.1 Å². The molecule has 0 bridgehead atoms. The van der Waals surface area contributed by atoms with Gasteiger partial charge in [-0.05, 0) is 50.1 Å². The molecule has 1 atom stereocenters. The number of hydrogen-bond acceptors (Lipinski definition) is 9. The minimum atomic E-state index is -0.919. The lowest BCUT2D eigenvalue weighted by atomic mass is 10.1. The van der Waals surface area contributed by atoms with Crippen LogP contribution in [0.25, 0.3) is 23.0 Å². The minimum absolute atomic E-state index is 0.0186. The molecule has 148 valence electrons. The topological polar surface area (TPSA) is 126 Å². The number of hydrogen-bond donors (Lipinski definition) is 3. The van der Waals surface area contributed by atoms with Crippen LogP contribution in [0.15, 0.2) is 22.7 Å². The molecule has 1 unspecified atom stereocenters. The van der Waals surface area contributed by atoms with E-state index >= 15 is 0 Å². The lowest BCUT2D eigenvalue weighted by Gasteiger charge is -2.15. The van der Waals surface area contributed by atoms with Gasteiger partial charge in [-0.3, -0.25) is 0 Å². The molecule has 3 N–H and O–H groups in total. The summed E-state index contributed by atoms with van der Waals surface area (Å²) in [7, 11) is 1.74. The third kappa shape index (κ3) is 4.26. The van der Waals surface area contributed by atoms with Gasteiger partial charge in [-0.15, -0.1) is 0 Å². The first kappa shape index (κ1) is 19.7. The number of aliphatic hydroxyl groups excluding tert-OH is 2. The molecule has 0 spiro atoms. The summed E-state index contributed by atoms with van der Waals surface area (Å²) in [6.45, 7) is 5.32. The molecule has 0 saturated carbocycles. The Balaban J connectivity index is 1.88. The zero-order chi connectivity index (χ0) is 20.3.